The monoisotopic (exact) mass is 450 g/mol. The summed E-state index contributed by atoms with van der Waals surface area (Å²) in [6.45, 7) is 3.73. The van der Waals surface area contributed by atoms with Crippen molar-refractivity contribution < 1.29 is 23.5 Å². The van der Waals surface area contributed by atoms with E-state index in [1.165, 1.54) is 6.07 Å². The van der Waals surface area contributed by atoms with Gasteiger partial charge in [0.05, 0.1) is 18.8 Å². The van der Waals surface area contributed by atoms with Gasteiger partial charge in [-0.05, 0) is 51.8 Å². The van der Waals surface area contributed by atoms with E-state index in [-0.39, 0.29) is 10.0 Å². The van der Waals surface area contributed by atoms with Crippen LogP contribution in [0.15, 0.2) is 46.9 Å². The van der Waals surface area contributed by atoms with Crippen LogP contribution in [0.1, 0.15) is 15.9 Å². The van der Waals surface area contributed by atoms with Crippen LogP contribution < -0.4 is 5.32 Å². The zero-order valence-corrected chi connectivity index (χ0v) is 16.7. The average Bonchev–Trinajstić information content (AvgIpc) is 2.68. The van der Waals surface area contributed by atoms with Gasteiger partial charge in [-0.1, -0.05) is 12.1 Å². The lowest BCUT2D eigenvalue weighted by Gasteiger charge is -2.26. The lowest BCUT2D eigenvalue weighted by Crippen LogP contribution is -2.35. The number of hydrogen-bond acceptors (Lipinski definition) is 5. The smallest absolute Gasteiger partial charge is 0.339 e. The molecular formula is C20H20BrFN2O4. The average molecular weight is 451 g/mol. The van der Waals surface area contributed by atoms with E-state index in [0.29, 0.717) is 5.69 Å². The fourth-order valence-electron chi connectivity index (χ4n) is 2.77. The molecule has 0 bridgehead atoms. The van der Waals surface area contributed by atoms with Crippen molar-refractivity contribution in [3.8, 4) is 0 Å². The Balaban J connectivity index is 1.47. The second-order valence-corrected chi connectivity index (χ2v) is 7.19. The van der Waals surface area contributed by atoms with Gasteiger partial charge in [0.1, 0.15) is 5.82 Å². The molecule has 1 heterocycles. The highest BCUT2D eigenvalue weighted by molar-refractivity contribution is 9.10. The molecule has 0 aliphatic carbocycles. The van der Waals surface area contributed by atoms with Gasteiger partial charge in [-0.2, -0.15) is 0 Å². The molecule has 1 saturated heterocycles. The van der Waals surface area contributed by atoms with Gasteiger partial charge >= 0.3 is 5.97 Å². The third-order valence-electron chi connectivity index (χ3n) is 4.23. The Labute approximate surface area is 170 Å². The van der Waals surface area contributed by atoms with Crippen LogP contribution in [0.25, 0.3) is 0 Å². The van der Waals surface area contributed by atoms with E-state index in [1.807, 2.05) is 24.3 Å². The fraction of sp³-hybridized carbons (Fsp3) is 0.300. The number of ether oxygens (including phenoxy) is 2. The van der Waals surface area contributed by atoms with E-state index in [1.54, 1.807) is 0 Å². The number of rotatable bonds is 6. The molecule has 0 aromatic heterocycles. The van der Waals surface area contributed by atoms with E-state index in [4.69, 9.17) is 9.47 Å². The van der Waals surface area contributed by atoms with Crippen LogP contribution in [-0.4, -0.2) is 49.7 Å². The van der Waals surface area contributed by atoms with E-state index in [2.05, 4.69) is 26.1 Å². The van der Waals surface area contributed by atoms with Crippen molar-refractivity contribution in [3.63, 3.8) is 0 Å². The van der Waals surface area contributed by atoms with Gasteiger partial charge in [0.15, 0.2) is 6.61 Å². The number of benzene rings is 2. The lowest BCUT2D eigenvalue weighted by molar-refractivity contribution is -0.119. The lowest BCUT2D eigenvalue weighted by atomic mass is 10.2. The van der Waals surface area contributed by atoms with Crippen LogP contribution in [0.5, 0.6) is 0 Å². The molecule has 0 spiro atoms. The molecule has 8 heteroatoms. The summed E-state index contributed by atoms with van der Waals surface area (Å²) >= 11 is 3.10. The topological polar surface area (TPSA) is 67.9 Å². The first-order valence-electron chi connectivity index (χ1n) is 8.82. The Kier molecular flexibility index (Phi) is 7.13. The number of morpholine rings is 1. The second-order valence-electron chi connectivity index (χ2n) is 6.33. The van der Waals surface area contributed by atoms with Crippen LogP contribution in [0, 0.1) is 5.82 Å². The number of nitrogens with one attached hydrogen (secondary N) is 1. The Bertz CT molecular complexity index is 839. The summed E-state index contributed by atoms with van der Waals surface area (Å²) in [5, 5.41) is 2.68. The molecule has 1 aliphatic heterocycles. The maximum absolute atomic E-state index is 13.1. The normalized spacial score (nSPS) is 14.5. The third-order valence-corrected chi connectivity index (χ3v) is 4.89. The second kappa shape index (κ2) is 9.77. The summed E-state index contributed by atoms with van der Waals surface area (Å²) in [5.41, 5.74) is 1.92. The molecule has 0 atom stereocenters. The number of anilines is 1. The maximum atomic E-state index is 13.1. The Hall–Kier alpha value is -2.29. The third kappa shape index (κ3) is 5.85. The van der Waals surface area contributed by atoms with Gasteiger partial charge in [0, 0.05) is 29.8 Å². The summed E-state index contributed by atoms with van der Waals surface area (Å²) in [6, 6.07) is 11.1. The highest BCUT2D eigenvalue weighted by atomic mass is 79.9. The number of carbonyl (C=O) groups excluding carboxylic acids is 2. The SMILES string of the molecule is O=C(COC(=O)c1ccc(F)cc1Br)Nc1ccc(CN2CCOCC2)cc1. The van der Waals surface area contributed by atoms with E-state index >= 15 is 0 Å². The van der Waals surface area contributed by atoms with Crippen LogP contribution in [0.4, 0.5) is 10.1 Å². The summed E-state index contributed by atoms with van der Waals surface area (Å²) in [5.74, 6) is -1.63. The van der Waals surface area contributed by atoms with Gasteiger partial charge in [-0.3, -0.25) is 9.69 Å². The van der Waals surface area contributed by atoms with E-state index in [0.717, 1.165) is 50.5 Å². The van der Waals surface area contributed by atoms with Crippen molar-refractivity contribution in [3.05, 3.63) is 63.9 Å². The van der Waals surface area contributed by atoms with E-state index in [9.17, 15) is 14.0 Å². The molecule has 3 rings (SSSR count). The van der Waals surface area contributed by atoms with Gasteiger partial charge in [0.25, 0.3) is 5.91 Å². The Morgan fingerprint density at radius 2 is 1.86 bits per heavy atom. The predicted molar refractivity (Wildman–Crippen MR) is 106 cm³/mol. The van der Waals surface area contributed by atoms with E-state index < -0.39 is 24.3 Å². The number of nitrogens with zero attached hydrogens (tertiary/aromatic N) is 1. The highest BCUT2D eigenvalue weighted by Gasteiger charge is 2.14. The number of carbonyl (C=O) groups is 2. The zero-order valence-electron chi connectivity index (χ0n) is 15.1. The predicted octanol–water partition coefficient (Wildman–Crippen LogP) is 3.22. The van der Waals surface area contributed by atoms with Gasteiger partial charge in [0.2, 0.25) is 0 Å². The first-order valence-corrected chi connectivity index (χ1v) is 9.61. The van der Waals surface area contributed by atoms with Gasteiger partial charge in [-0.15, -0.1) is 0 Å². The molecular weight excluding hydrogens is 431 g/mol. The zero-order chi connectivity index (χ0) is 19.9. The van der Waals surface area contributed by atoms with Crippen LogP contribution in [-0.2, 0) is 20.8 Å². The van der Waals surface area contributed by atoms with Crippen LogP contribution in [0.3, 0.4) is 0 Å². The fourth-order valence-corrected chi connectivity index (χ4v) is 3.28. The van der Waals surface area contributed by atoms with Gasteiger partial charge < -0.3 is 14.8 Å². The highest BCUT2D eigenvalue weighted by Crippen LogP contribution is 2.19. The number of esters is 1. The molecule has 1 amide bonds. The van der Waals surface area contributed by atoms with Crippen LogP contribution in [0.2, 0.25) is 0 Å². The molecule has 2 aromatic rings. The van der Waals surface area contributed by atoms with Crippen molar-refractivity contribution in [1.29, 1.82) is 0 Å². The quantitative estimate of drug-likeness (QED) is 0.684. The molecule has 0 unspecified atom stereocenters. The minimum absolute atomic E-state index is 0.154. The van der Waals surface area contributed by atoms with Gasteiger partial charge in [-0.25, -0.2) is 9.18 Å². The maximum Gasteiger partial charge on any atom is 0.339 e. The first-order chi connectivity index (χ1) is 13.5. The molecule has 1 N–H and O–H groups in total. The molecule has 1 fully saturated rings. The molecule has 6 nitrogen and oxygen atoms in total. The molecule has 2 aromatic carbocycles. The van der Waals surface area contributed by atoms with Crippen molar-refractivity contribution in [2.45, 2.75) is 6.54 Å². The Morgan fingerprint density at radius 1 is 1.14 bits per heavy atom. The van der Waals surface area contributed by atoms with Crippen molar-refractivity contribution in [1.82, 2.24) is 4.90 Å². The number of amides is 1. The number of hydrogen-bond donors (Lipinski definition) is 1. The summed E-state index contributed by atoms with van der Waals surface area (Å²) < 4.78 is 23.7. The van der Waals surface area contributed by atoms with Crippen molar-refractivity contribution in [2.75, 3.05) is 38.2 Å². The molecule has 1 aliphatic rings. The molecule has 148 valence electrons. The largest absolute Gasteiger partial charge is 0.452 e. The Morgan fingerprint density at radius 3 is 2.54 bits per heavy atom. The van der Waals surface area contributed by atoms with Crippen LogP contribution >= 0.6 is 15.9 Å². The standard InChI is InChI=1S/C20H20BrFN2O4/c21-18-11-15(22)3-6-17(18)20(26)28-13-19(25)23-16-4-1-14(2-5-16)12-24-7-9-27-10-8-24/h1-6,11H,7-10,12-13H2,(H,23,25). The molecule has 28 heavy (non-hydrogen) atoms. The minimum Gasteiger partial charge on any atom is -0.452 e. The van der Waals surface area contributed by atoms with Crippen molar-refractivity contribution in [2.24, 2.45) is 0 Å². The minimum atomic E-state index is -0.706. The molecule has 0 radical (unpaired) electrons. The number of halogens is 2. The van der Waals surface area contributed by atoms with Crippen molar-refractivity contribution >= 4 is 33.5 Å². The molecule has 0 saturated carbocycles. The summed E-state index contributed by atoms with van der Waals surface area (Å²) in [7, 11) is 0. The summed E-state index contributed by atoms with van der Waals surface area (Å²) in [6.07, 6.45) is 0. The summed E-state index contributed by atoms with van der Waals surface area (Å²) in [4.78, 5) is 26.3. The first kappa shape index (κ1) is 20.4.